The second kappa shape index (κ2) is 9.50. The third kappa shape index (κ3) is 4.71. The van der Waals surface area contributed by atoms with Crippen molar-refractivity contribution >= 4 is 28.7 Å². The first kappa shape index (κ1) is 22.8. The number of benzene rings is 2. The first-order valence-electron chi connectivity index (χ1n) is 10.1. The van der Waals surface area contributed by atoms with Gasteiger partial charge in [-0.3, -0.25) is 25.0 Å². The molecule has 0 aliphatic carbocycles. The predicted molar refractivity (Wildman–Crippen MR) is 120 cm³/mol. The number of carbonyl (C=O) groups is 1. The topological polar surface area (TPSA) is 122 Å². The molecule has 1 fully saturated rings. The summed E-state index contributed by atoms with van der Waals surface area (Å²) in [6, 6.07) is 9.09. The molecule has 0 radical (unpaired) electrons. The van der Waals surface area contributed by atoms with Crippen LogP contribution in [0.4, 0.5) is 22.7 Å². The van der Waals surface area contributed by atoms with E-state index in [9.17, 15) is 25.0 Å². The normalized spacial score (nSPS) is 14.0. The van der Waals surface area contributed by atoms with Crippen molar-refractivity contribution in [2.45, 2.75) is 6.42 Å². The predicted octanol–water partition coefficient (Wildman–Crippen LogP) is 2.93. The number of nitrogens with zero attached hydrogens (tertiary/aromatic N) is 5. The Hall–Kier alpha value is -3.89. The van der Waals surface area contributed by atoms with Crippen molar-refractivity contribution < 1.29 is 19.4 Å². The van der Waals surface area contributed by atoms with Crippen LogP contribution in [0.2, 0.25) is 0 Å². The van der Waals surface area contributed by atoms with Gasteiger partial charge in [-0.15, -0.1) is 0 Å². The van der Waals surface area contributed by atoms with Crippen LogP contribution in [-0.2, 0) is 0 Å². The Labute approximate surface area is 185 Å². The molecule has 0 unspecified atom stereocenters. The lowest BCUT2D eigenvalue weighted by Crippen LogP contribution is -2.35. The maximum absolute atomic E-state index is 13.3. The van der Waals surface area contributed by atoms with Gasteiger partial charge in [0.1, 0.15) is 11.4 Å². The summed E-state index contributed by atoms with van der Waals surface area (Å²) in [5.41, 5.74) is 1.20. The van der Waals surface area contributed by atoms with Gasteiger partial charge in [-0.05, 0) is 18.6 Å². The van der Waals surface area contributed by atoms with Crippen molar-refractivity contribution in [2.75, 3.05) is 57.2 Å². The summed E-state index contributed by atoms with van der Waals surface area (Å²) in [5.74, 6) is -0.0541. The highest BCUT2D eigenvalue weighted by molar-refractivity contribution is 5.99. The van der Waals surface area contributed by atoms with Gasteiger partial charge < -0.3 is 19.4 Å². The van der Waals surface area contributed by atoms with E-state index >= 15 is 0 Å². The van der Waals surface area contributed by atoms with Gasteiger partial charge in [-0.2, -0.15) is 0 Å². The Morgan fingerprint density at radius 2 is 1.69 bits per heavy atom. The van der Waals surface area contributed by atoms with Crippen molar-refractivity contribution in [1.29, 1.82) is 0 Å². The molecule has 170 valence electrons. The molecular weight excluding hydrogens is 418 g/mol. The first-order chi connectivity index (χ1) is 15.2. The van der Waals surface area contributed by atoms with E-state index in [4.69, 9.17) is 4.74 Å². The zero-order valence-electron chi connectivity index (χ0n) is 18.2. The highest BCUT2D eigenvalue weighted by Gasteiger charge is 2.28. The molecule has 0 bridgehead atoms. The Morgan fingerprint density at radius 3 is 2.25 bits per heavy atom. The number of hydrogen-bond acceptors (Lipinski definition) is 8. The van der Waals surface area contributed by atoms with E-state index < -0.39 is 9.85 Å². The third-order valence-electron chi connectivity index (χ3n) is 5.41. The summed E-state index contributed by atoms with van der Waals surface area (Å²) < 4.78 is 5.37. The molecule has 1 saturated heterocycles. The fourth-order valence-corrected chi connectivity index (χ4v) is 3.73. The number of rotatable bonds is 6. The van der Waals surface area contributed by atoms with Crippen LogP contribution in [-0.4, -0.2) is 68.0 Å². The smallest absolute Gasteiger partial charge is 0.293 e. The van der Waals surface area contributed by atoms with E-state index in [0.717, 1.165) is 5.69 Å². The Balaban J connectivity index is 1.82. The zero-order valence-corrected chi connectivity index (χ0v) is 18.2. The Kier molecular flexibility index (Phi) is 6.76. The average Bonchev–Trinajstić information content (AvgIpc) is 3.04. The second-order valence-corrected chi connectivity index (χ2v) is 7.60. The van der Waals surface area contributed by atoms with Crippen molar-refractivity contribution in [2.24, 2.45) is 0 Å². The fraction of sp³-hybridized carbons (Fsp3) is 0.381. The molecule has 1 aliphatic rings. The van der Waals surface area contributed by atoms with Crippen molar-refractivity contribution in [3.63, 3.8) is 0 Å². The van der Waals surface area contributed by atoms with Crippen LogP contribution in [0.25, 0.3) is 0 Å². The van der Waals surface area contributed by atoms with Gasteiger partial charge in [0, 0.05) is 70.2 Å². The van der Waals surface area contributed by atoms with Gasteiger partial charge in [0.05, 0.1) is 22.5 Å². The van der Waals surface area contributed by atoms with Crippen molar-refractivity contribution in [3.8, 4) is 5.75 Å². The molecule has 1 amide bonds. The molecule has 1 aliphatic heterocycles. The maximum Gasteiger partial charge on any atom is 0.293 e. The van der Waals surface area contributed by atoms with E-state index in [1.165, 1.54) is 31.4 Å². The van der Waals surface area contributed by atoms with Gasteiger partial charge in [0.25, 0.3) is 17.3 Å². The molecule has 0 N–H and O–H groups in total. The van der Waals surface area contributed by atoms with Crippen LogP contribution in [0.15, 0.2) is 36.4 Å². The third-order valence-corrected chi connectivity index (χ3v) is 5.41. The summed E-state index contributed by atoms with van der Waals surface area (Å²) in [5, 5.41) is 22.4. The van der Waals surface area contributed by atoms with Crippen LogP contribution in [0.1, 0.15) is 16.8 Å². The zero-order chi connectivity index (χ0) is 23.4. The van der Waals surface area contributed by atoms with Gasteiger partial charge in [-0.25, -0.2) is 0 Å². The number of non-ortho nitro benzene ring substituents is 1. The van der Waals surface area contributed by atoms with E-state index in [2.05, 4.69) is 4.90 Å². The van der Waals surface area contributed by atoms with Gasteiger partial charge >= 0.3 is 0 Å². The largest absolute Gasteiger partial charge is 0.496 e. The number of hydrogen-bond donors (Lipinski definition) is 0. The summed E-state index contributed by atoms with van der Waals surface area (Å²) in [6.45, 7) is 2.10. The van der Waals surface area contributed by atoms with E-state index in [-0.39, 0.29) is 28.6 Å². The van der Waals surface area contributed by atoms with Gasteiger partial charge in [0.2, 0.25) is 0 Å². The summed E-state index contributed by atoms with van der Waals surface area (Å²) >= 11 is 0. The van der Waals surface area contributed by atoms with Crippen molar-refractivity contribution in [1.82, 2.24) is 4.90 Å². The number of carbonyl (C=O) groups excluding carboxylic acids is 1. The maximum atomic E-state index is 13.3. The summed E-state index contributed by atoms with van der Waals surface area (Å²) in [4.78, 5) is 40.1. The number of nitro groups is 2. The molecule has 1 heterocycles. The summed E-state index contributed by atoms with van der Waals surface area (Å²) in [6.07, 6.45) is 0.683. The second-order valence-electron chi connectivity index (χ2n) is 7.60. The molecule has 0 atom stereocenters. The van der Waals surface area contributed by atoms with E-state index in [0.29, 0.717) is 38.3 Å². The van der Waals surface area contributed by atoms with Crippen LogP contribution in [0.5, 0.6) is 5.75 Å². The lowest BCUT2D eigenvalue weighted by molar-refractivity contribution is -0.384. The van der Waals surface area contributed by atoms with Crippen LogP contribution >= 0.6 is 0 Å². The number of anilines is 2. The number of amides is 1. The minimum atomic E-state index is -0.510. The molecule has 0 spiro atoms. The van der Waals surface area contributed by atoms with E-state index in [1.54, 1.807) is 36.0 Å². The molecule has 3 rings (SSSR count). The molecule has 2 aromatic rings. The molecular formula is C21H25N5O6. The molecule has 11 nitrogen and oxygen atoms in total. The highest BCUT2D eigenvalue weighted by atomic mass is 16.6. The van der Waals surface area contributed by atoms with Crippen LogP contribution in [0.3, 0.4) is 0 Å². The average molecular weight is 443 g/mol. The molecule has 2 aromatic carbocycles. The van der Waals surface area contributed by atoms with Crippen molar-refractivity contribution in [3.05, 3.63) is 62.2 Å². The minimum absolute atomic E-state index is 0.0234. The number of nitro benzene ring substituents is 2. The Morgan fingerprint density at radius 1 is 1.00 bits per heavy atom. The minimum Gasteiger partial charge on any atom is -0.496 e. The highest BCUT2D eigenvalue weighted by Crippen LogP contribution is 2.35. The quantitative estimate of drug-likeness (QED) is 0.493. The molecule has 32 heavy (non-hydrogen) atoms. The first-order valence-corrected chi connectivity index (χ1v) is 10.1. The molecule has 11 heteroatoms. The van der Waals surface area contributed by atoms with Crippen LogP contribution in [0, 0.1) is 20.2 Å². The van der Waals surface area contributed by atoms with Gasteiger partial charge in [0.15, 0.2) is 0 Å². The monoisotopic (exact) mass is 443 g/mol. The standard InChI is InChI=1S/C21H25N5O6/c1-22(2)18-14-20(32-3)17(13-19(18)26(30)31)21(27)24-10-4-9-23(11-12-24)15-5-7-16(8-6-15)25(28)29/h5-8,13-14H,4,9-12H2,1-3H3. The number of methoxy groups -OCH3 is 1. The lowest BCUT2D eigenvalue weighted by Gasteiger charge is -2.24. The molecule has 0 aromatic heterocycles. The van der Waals surface area contributed by atoms with Crippen LogP contribution < -0.4 is 14.5 Å². The van der Waals surface area contributed by atoms with E-state index in [1.807, 2.05) is 0 Å². The lowest BCUT2D eigenvalue weighted by atomic mass is 10.1. The fourth-order valence-electron chi connectivity index (χ4n) is 3.73. The Bertz CT molecular complexity index is 1020. The number of ether oxygens (including phenoxy) is 1. The summed E-state index contributed by atoms with van der Waals surface area (Å²) in [7, 11) is 4.80. The SMILES string of the molecule is COc1cc(N(C)C)c([N+](=O)[O-])cc1C(=O)N1CCCN(c2ccc([N+](=O)[O-])cc2)CC1. The molecule has 0 saturated carbocycles. The van der Waals surface area contributed by atoms with Gasteiger partial charge in [-0.1, -0.05) is 0 Å².